The van der Waals surface area contributed by atoms with E-state index in [4.69, 9.17) is 5.73 Å². The molecule has 0 fully saturated rings. The third-order valence-corrected chi connectivity index (χ3v) is 5.03. The molecular weight excluding hydrogens is 388 g/mol. The number of para-hydroxylation sites is 1. The normalized spacial score (nSPS) is 11.5. The third kappa shape index (κ3) is 4.12. The Labute approximate surface area is 167 Å². The zero-order chi connectivity index (χ0) is 20.6. The van der Waals surface area contributed by atoms with Crippen molar-refractivity contribution in [2.24, 2.45) is 5.73 Å². The highest BCUT2D eigenvalue weighted by molar-refractivity contribution is 7.92. The van der Waals surface area contributed by atoms with Crippen molar-refractivity contribution < 1.29 is 13.2 Å². The number of nitrogens with zero attached hydrogens (tertiary/aromatic N) is 1. The molecule has 8 heteroatoms. The molecular formula is C21H18N4O3S. The number of carbonyl (C=O) groups is 1. The number of H-pyrrole nitrogens is 1. The van der Waals surface area contributed by atoms with Crippen LogP contribution in [0, 0.1) is 0 Å². The first-order chi connectivity index (χ1) is 13.8. The molecule has 5 rings (SSSR count). The van der Waals surface area contributed by atoms with Gasteiger partial charge in [0.2, 0.25) is 15.9 Å². The number of aromatic nitrogens is 2. The second-order valence-corrected chi connectivity index (χ2v) is 8.45. The van der Waals surface area contributed by atoms with Crippen LogP contribution in [-0.2, 0) is 10.0 Å². The number of benzene rings is 3. The molecule has 1 heterocycles. The topological polar surface area (TPSA) is 118 Å². The van der Waals surface area contributed by atoms with Gasteiger partial charge in [0, 0.05) is 16.5 Å². The lowest BCUT2D eigenvalue weighted by Gasteiger charge is -2.09. The minimum absolute atomic E-state index is 0.355. The van der Waals surface area contributed by atoms with Crippen LogP contribution in [-0.4, -0.2) is 30.8 Å². The average Bonchev–Trinajstić information content (AvgIpc) is 3.08. The lowest BCUT2D eigenvalue weighted by Crippen LogP contribution is -2.10. The van der Waals surface area contributed by atoms with Gasteiger partial charge >= 0.3 is 0 Å². The SMILES string of the molecule is CS(=O)(=O)Nc1ccccc1-c1n[nH]c2ccc(C(N)=O)cc12.c1cc2cc-2c1. The smallest absolute Gasteiger partial charge is 0.248 e. The summed E-state index contributed by atoms with van der Waals surface area (Å²) in [4.78, 5) is 11.4. The van der Waals surface area contributed by atoms with Gasteiger partial charge in [0.05, 0.1) is 17.5 Å². The van der Waals surface area contributed by atoms with Crippen LogP contribution in [0.15, 0.2) is 66.7 Å². The Morgan fingerprint density at radius 3 is 2.31 bits per heavy atom. The summed E-state index contributed by atoms with van der Waals surface area (Å²) < 4.78 is 25.5. The standard InChI is InChI=1S/C15H14N4O3S.C6H4/c1-23(21,22)19-13-5-3-2-4-10(13)14-11-8-9(15(16)20)6-7-12(11)17-18-14;1-2-5-4-6(5)3-1/h2-8,19H,1H3,(H2,16,20)(H,17,18);1-4H. The number of nitrogens with one attached hydrogen (secondary N) is 2. The van der Waals surface area contributed by atoms with Gasteiger partial charge in [-0.15, -0.1) is 0 Å². The second-order valence-electron chi connectivity index (χ2n) is 6.70. The van der Waals surface area contributed by atoms with Crippen molar-refractivity contribution in [3.63, 3.8) is 0 Å². The quantitative estimate of drug-likeness (QED) is 0.424. The number of amides is 1. The van der Waals surface area contributed by atoms with Crippen LogP contribution in [0.4, 0.5) is 5.69 Å². The summed E-state index contributed by atoms with van der Waals surface area (Å²) in [6.45, 7) is 0. The van der Waals surface area contributed by atoms with Crippen LogP contribution in [0.25, 0.3) is 33.3 Å². The van der Waals surface area contributed by atoms with Gasteiger partial charge in [-0.3, -0.25) is 14.6 Å². The van der Waals surface area contributed by atoms with Crippen LogP contribution < -0.4 is 10.5 Å². The van der Waals surface area contributed by atoms with Gasteiger partial charge in [-0.2, -0.15) is 5.10 Å². The van der Waals surface area contributed by atoms with Crippen LogP contribution in [0.2, 0.25) is 0 Å². The van der Waals surface area contributed by atoms with Crippen molar-refractivity contribution in [3.05, 3.63) is 72.3 Å². The third-order valence-electron chi connectivity index (χ3n) is 4.44. The maximum absolute atomic E-state index is 11.5. The Bertz CT molecular complexity index is 1330. The highest BCUT2D eigenvalue weighted by Gasteiger charge is 2.15. The maximum atomic E-state index is 11.5. The lowest BCUT2D eigenvalue weighted by molar-refractivity contribution is 0.100. The fourth-order valence-corrected chi connectivity index (χ4v) is 3.60. The zero-order valence-corrected chi connectivity index (χ0v) is 16.3. The maximum Gasteiger partial charge on any atom is 0.248 e. The van der Waals surface area contributed by atoms with E-state index in [1.807, 2.05) is 0 Å². The molecule has 1 amide bonds. The number of sulfonamides is 1. The minimum Gasteiger partial charge on any atom is -0.366 e. The largest absolute Gasteiger partial charge is 0.366 e. The van der Waals surface area contributed by atoms with E-state index in [2.05, 4.69) is 39.2 Å². The Kier molecular flexibility index (Phi) is 4.56. The highest BCUT2D eigenvalue weighted by atomic mass is 32.2. The summed E-state index contributed by atoms with van der Waals surface area (Å²) in [6.07, 6.45) is 1.08. The molecule has 29 heavy (non-hydrogen) atoms. The van der Waals surface area contributed by atoms with Crippen LogP contribution in [0.3, 0.4) is 0 Å². The molecule has 3 aromatic rings. The van der Waals surface area contributed by atoms with E-state index >= 15 is 0 Å². The molecule has 0 bridgehead atoms. The van der Waals surface area contributed by atoms with Gasteiger partial charge in [0.1, 0.15) is 5.69 Å². The molecule has 2 aliphatic rings. The van der Waals surface area contributed by atoms with Gasteiger partial charge in [-0.1, -0.05) is 36.4 Å². The Morgan fingerprint density at radius 1 is 1.00 bits per heavy atom. The summed E-state index contributed by atoms with van der Waals surface area (Å²) in [7, 11) is -3.43. The van der Waals surface area contributed by atoms with Crippen molar-refractivity contribution in [1.29, 1.82) is 0 Å². The fourth-order valence-electron chi connectivity index (χ4n) is 3.03. The van der Waals surface area contributed by atoms with Crippen molar-refractivity contribution >= 4 is 32.5 Å². The molecule has 0 unspecified atom stereocenters. The van der Waals surface area contributed by atoms with Gasteiger partial charge < -0.3 is 5.73 Å². The number of hydrogen-bond donors (Lipinski definition) is 3. The Morgan fingerprint density at radius 2 is 1.72 bits per heavy atom. The van der Waals surface area contributed by atoms with Crippen LogP contribution >= 0.6 is 0 Å². The van der Waals surface area contributed by atoms with Gasteiger partial charge in [0.15, 0.2) is 0 Å². The van der Waals surface area contributed by atoms with Crippen LogP contribution in [0.1, 0.15) is 10.4 Å². The van der Waals surface area contributed by atoms with Crippen molar-refractivity contribution in [2.75, 3.05) is 11.0 Å². The summed E-state index contributed by atoms with van der Waals surface area (Å²) in [5.41, 5.74) is 10.8. The van der Waals surface area contributed by atoms with E-state index in [0.717, 1.165) is 11.8 Å². The van der Waals surface area contributed by atoms with E-state index in [9.17, 15) is 13.2 Å². The first-order valence-electron chi connectivity index (χ1n) is 8.77. The molecule has 0 spiro atoms. The van der Waals surface area contributed by atoms with Crippen LogP contribution in [0.5, 0.6) is 0 Å². The monoisotopic (exact) mass is 406 g/mol. The molecule has 146 valence electrons. The van der Waals surface area contributed by atoms with Gasteiger partial charge in [-0.25, -0.2) is 8.42 Å². The molecule has 0 saturated heterocycles. The van der Waals surface area contributed by atoms with E-state index in [-0.39, 0.29) is 0 Å². The molecule has 0 atom stereocenters. The summed E-state index contributed by atoms with van der Waals surface area (Å²) >= 11 is 0. The van der Waals surface area contributed by atoms with Gasteiger partial charge in [-0.05, 0) is 41.5 Å². The number of anilines is 1. The van der Waals surface area contributed by atoms with E-state index in [1.165, 1.54) is 11.1 Å². The summed E-state index contributed by atoms with van der Waals surface area (Å²) in [5, 5.41) is 7.79. The predicted molar refractivity (Wildman–Crippen MR) is 114 cm³/mol. The first kappa shape index (κ1) is 18.7. The number of hydrogen-bond acceptors (Lipinski definition) is 4. The summed E-state index contributed by atoms with van der Waals surface area (Å²) in [6, 6.07) is 20.3. The molecule has 4 N–H and O–H groups in total. The second kappa shape index (κ2) is 7.06. The molecule has 0 saturated carbocycles. The first-order valence-corrected chi connectivity index (χ1v) is 10.7. The average molecular weight is 406 g/mol. The molecule has 0 aliphatic heterocycles. The highest BCUT2D eigenvalue weighted by Crippen LogP contribution is 2.33. The number of carbonyl (C=O) groups excluding carboxylic acids is 1. The molecule has 1 aromatic heterocycles. The Balaban J connectivity index is 0.000000286. The lowest BCUT2D eigenvalue weighted by atomic mass is 10.0. The number of primary amides is 1. The molecule has 2 aliphatic carbocycles. The molecule has 0 radical (unpaired) electrons. The minimum atomic E-state index is -3.43. The predicted octanol–water partition coefficient (Wildman–Crippen LogP) is 3.37. The van der Waals surface area contributed by atoms with E-state index in [0.29, 0.717) is 27.9 Å². The van der Waals surface area contributed by atoms with E-state index in [1.54, 1.807) is 42.5 Å². The number of rotatable bonds is 4. The van der Waals surface area contributed by atoms with Gasteiger partial charge in [0.25, 0.3) is 0 Å². The molecule has 7 nitrogen and oxygen atoms in total. The van der Waals surface area contributed by atoms with Crippen molar-refractivity contribution in [1.82, 2.24) is 10.2 Å². The summed E-state index contributed by atoms with van der Waals surface area (Å²) in [5.74, 6) is -0.540. The zero-order valence-electron chi connectivity index (χ0n) is 15.5. The number of nitrogens with two attached hydrogens (primary N) is 1. The van der Waals surface area contributed by atoms with Crippen molar-refractivity contribution in [3.8, 4) is 22.4 Å². The van der Waals surface area contributed by atoms with Crippen molar-refractivity contribution in [2.45, 2.75) is 0 Å². The number of fused-ring (bicyclic) bond motifs is 2. The Hall–Kier alpha value is -3.65. The van der Waals surface area contributed by atoms with E-state index < -0.39 is 15.9 Å². The fraction of sp³-hybridized carbons (Fsp3) is 0.0476. The molecule has 2 aromatic carbocycles. The number of aromatic amines is 1.